The van der Waals surface area contributed by atoms with Crippen LogP contribution in [0.15, 0.2) is 134 Å². The van der Waals surface area contributed by atoms with Crippen LogP contribution in [-0.4, -0.2) is 89.2 Å². The van der Waals surface area contributed by atoms with E-state index in [1.807, 2.05) is 12.2 Å². The molecule has 12 nitrogen and oxygen atoms in total. The summed E-state index contributed by atoms with van der Waals surface area (Å²) in [5, 5.41) is 31.4. The number of allylic oxidation sites excluding steroid dienone is 22. The molecule has 1 aliphatic rings. The number of carbonyl (C=O) groups excluding carboxylic acids is 3. The summed E-state index contributed by atoms with van der Waals surface area (Å²) >= 11 is 0. The lowest BCUT2D eigenvalue weighted by Gasteiger charge is -2.40. The van der Waals surface area contributed by atoms with Crippen molar-refractivity contribution in [2.45, 2.75) is 237 Å². The summed E-state index contributed by atoms with van der Waals surface area (Å²) in [6, 6.07) is 0. The number of hydrogen-bond donors (Lipinski definition) is 3. The first kappa shape index (κ1) is 69.9. The Kier molecular flexibility index (Phi) is 46.8. The van der Waals surface area contributed by atoms with E-state index in [-0.39, 0.29) is 25.9 Å². The van der Waals surface area contributed by atoms with Crippen LogP contribution in [0.5, 0.6) is 0 Å². The van der Waals surface area contributed by atoms with Crippen molar-refractivity contribution in [1.82, 2.24) is 0 Å². The molecular weight excluding hydrogens is 973 g/mol. The molecule has 0 spiro atoms. The number of carbonyl (C=O) groups is 4. The molecule has 1 fully saturated rings. The van der Waals surface area contributed by atoms with Gasteiger partial charge in [0.1, 0.15) is 18.8 Å². The van der Waals surface area contributed by atoms with Gasteiger partial charge in [0.25, 0.3) is 0 Å². The van der Waals surface area contributed by atoms with E-state index < -0.39 is 67.3 Å². The molecule has 0 aromatic heterocycles. The fourth-order valence-corrected chi connectivity index (χ4v) is 7.79. The summed E-state index contributed by atoms with van der Waals surface area (Å²) in [6.45, 7) is 5.62. The number of carboxylic acids is 1. The molecule has 77 heavy (non-hydrogen) atoms. The smallest absolute Gasteiger partial charge is 0.335 e. The summed E-state index contributed by atoms with van der Waals surface area (Å²) in [7, 11) is 0. The molecule has 0 aromatic carbocycles. The minimum atomic E-state index is -1.94. The molecule has 432 valence electrons. The van der Waals surface area contributed by atoms with Crippen LogP contribution in [0, 0.1) is 0 Å². The Bertz CT molecular complexity index is 1850. The van der Waals surface area contributed by atoms with Gasteiger partial charge >= 0.3 is 23.9 Å². The number of unbranched alkanes of at least 4 members (excludes halogenated alkanes) is 11. The zero-order valence-electron chi connectivity index (χ0n) is 47.4. The van der Waals surface area contributed by atoms with Gasteiger partial charge in [-0.15, -0.1) is 0 Å². The fraction of sp³-hybridized carbons (Fsp3) is 0.600. The van der Waals surface area contributed by atoms with E-state index in [9.17, 15) is 34.5 Å². The van der Waals surface area contributed by atoms with Crippen molar-refractivity contribution < 1.29 is 58.2 Å². The molecule has 1 saturated heterocycles. The number of esters is 3. The van der Waals surface area contributed by atoms with Gasteiger partial charge < -0.3 is 39.0 Å². The highest BCUT2D eigenvalue weighted by Crippen LogP contribution is 2.26. The van der Waals surface area contributed by atoms with E-state index in [4.69, 9.17) is 23.7 Å². The van der Waals surface area contributed by atoms with E-state index >= 15 is 0 Å². The molecule has 3 N–H and O–H groups in total. The maximum Gasteiger partial charge on any atom is 0.335 e. The second-order valence-electron chi connectivity index (χ2n) is 19.2. The van der Waals surface area contributed by atoms with Gasteiger partial charge in [-0.2, -0.15) is 0 Å². The average molecular weight is 1070 g/mol. The number of aliphatic hydroxyl groups excluding tert-OH is 2. The Morgan fingerprint density at radius 3 is 1.32 bits per heavy atom. The first-order valence-electron chi connectivity index (χ1n) is 29.2. The lowest BCUT2D eigenvalue weighted by Crippen LogP contribution is -2.61. The number of aliphatic carboxylic acids is 1. The van der Waals surface area contributed by atoms with Crippen LogP contribution >= 0.6 is 0 Å². The van der Waals surface area contributed by atoms with Gasteiger partial charge in [0, 0.05) is 19.3 Å². The second kappa shape index (κ2) is 51.6. The standard InChI is InChI=1S/C65H100O12/c1-4-7-10-13-16-19-22-25-27-28-29-30-32-34-36-39-42-45-48-51-57(66)73-54-56(75-58(67)52-49-46-43-40-37-33-24-21-18-15-12-9-6-3)55-74-65-63(61(70)60(69)62(77-65)64(71)72)76-59(68)53-50-47-44-41-38-35-31-26-23-20-17-14-11-8-5-2/h8-9,11-12,16-21,25-27,29-31,33,37-38,41,43,46,56,60-63,65,69-70H,4-7,10,13-15,22-24,28,32,34-36,39-40,42,44-45,47-55H2,1-3H3,(H,71,72)/b11-8-,12-9-,19-16-,20-17-,21-18-,27-25-,30-29-,31-26-,37-33-,41-38-,46-43-. The number of ether oxygens (including phenoxy) is 5. The van der Waals surface area contributed by atoms with Gasteiger partial charge in [0.05, 0.1) is 6.61 Å². The molecule has 1 rings (SSSR count). The molecule has 0 amide bonds. The molecule has 6 unspecified atom stereocenters. The molecule has 0 radical (unpaired) electrons. The van der Waals surface area contributed by atoms with Gasteiger partial charge in [-0.1, -0.05) is 193 Å². The highest BCUT2D eigenvalue weighted by Gasteiger charge is 2.50. The van der Waals surface area contributed by atoms with Crippen molar-refractivity contribution >= 4 is 23.9 Å². The van der Waals surface area contributed by atoms with Crippen molar-refractivity contribution in [3.8, 4) is 0 Å². The summed E-state index contributed by atoms with van der Waals surface area (Å²) < 4.78 is 28.2. The number of aliphatic hydroxyl groups is 2. The van der Waals surface area contributed by atoms with Crippen molar-refractivity contribution in [2.24, 2.45) is 0 Å². The lowest BCUT2D eigenvalue weighted by atomic mass is 9.98. The van der Waals surface area contributed by atoms with Crippen LogP contribution in [0.2, 0.25) is 0 Å². The van der Waals surface area contributed by atoms with Crippen LogP contribution in [0.25, 0.3) is 0 Å². The van der Waals surface area contributed by atoms with Gasteiger partial charge in [-0.05, 0) is 122 Å². The summed E-state index contributed by atoms with van der Waals surface area (Å²) in [6.07, 6.45) is 60.1. The first-order valence-corrected chi connectivity index (χ1v) is 29.2. The molecule has 0 bridgehead atoms. The normalized spacial score (nSPS) is 19.0. The Labute approximate surface area is 464 Å². The van der Waals surface area contributed by atoms with E-state index in [0.717, 1.165) is 103 Å². The summed E-state index contributed by atoms with van der Waals surface area (Å²) in [5.74, 6) is -3.33. The van der Waals surface area contributed by atoms with Crippen molar-refractivity contribution in [2.75, 3.05) is 13.2 Å². The molecule has 1 heterocycles. The van der Waals surface area contributed by atoms with Crippen LogP contribution in [0.1, 0.15) is 201 Å². The number of rotatable bonds is 47. The topological polar surface area (TPSA) is 175 Å². The van der Waals surface area contributed by atoms with E-state index in [0.29, 0.717) is 32.1 Å². The van der Waals surface area contributed by atoms with Crippen molar-refractivity contribution in [3.05, 3.63) is 134 Å². The Morgan fingerprint density at radius 1 is 0.442 bits per heavy atom. The van der Waals surface area contributed by atoms with Gasteiger partial charge in [0.2, 0.25) is 0 Å². The van der Waals surface area contributed by atoms with Crippen molar-refractivity contribution in [1.29, 1.82) is 0 Å². The van der Waals surface area contributed by atoms with Crippen LogP contribution in [-0.2, 0) is 42.9 Å². The van der Waals surface area contributed by atoms with Crippen LogP contribution < -0.4 is 0 Å². The minimum Gasteiger partial charge on any atom is -0.479 e. The van der Waals surface area contributed by atoms with E-state index in [2.05, 4.69) is 142 Å². The first-order chi connectivity index (χ1) is 37.6. The number of hydrogen-bond acceptors (Lipinski definition) is 11. The molecule has 6 atom stereocenters. The molecule has 0 saturated carbocycles. The van der Waals surface area contributed by atoms with E-state index in [1.54, 1.807) is 0 Å². The summed E-state index contributed by atoms with van der Waals surface area (Å²) in [5.41, 5.74) is 0. The Morgan fingerprint density at radius 2 is 0.844 bits per heavy atom. The monoisotopic (exact) mass is 1070 g/mol. The second-order valence-corrected chi connectivity index (χ2v) is 19.2. The van der Waals surface area contributed by atoms with Gasteiger partial charge in [-0.3, -0.25) is 14.4 Å². The number of carboxylic acid groups (broad SMARTS) is 1. The van der Waals surface area contributed by atoms with Crippen LogP contribution in [0.3, 0.4) is 0 Å². The predicted octanol–water partition coefficient (Wildman–Crippen LogP) is 15.0. The minimum absolute atomic E-state index is 0.00871. The average Bonchev–Trinajstić information content (AvgIpc) is 3.42. The predicted molar refractivity (Wildman–Crippen MR) is 312 cm³/mol. The fourth-order valence-electron chi connectivity index (χ4n) is 7.79. The molecule has 0 aliphatic carbocycles. The molecule has 12 heteroatoms. The van der Waals surface area contributed by atoms with E-state index in [1.165, 1.54) is 25.7 Å². The quantitative estimate of drug-likeness (QED) is 0.0228. The Balaban J connectivity index is 2.76. The summed E-state index contributed by atoms with van der Waals surface area (Å²) in [4.78, 5) is 51.0. The Hall–Kier alpha value is -5.14. The van der Waals surface area contributed by atoms with Crippen LogP contribution in [0.4, 0.5) is 0 Å². The lowest BCUT2D eigenvalue weighted by molar-refractivity contribution is -0.301. The third-order valence-electron chi connectivity index (χ3n) is 12.2. The molecule has 0 aromatic rings. The highest BCUT2D eigenvalue weighted by molar-refractivity contribution is 5.74. The highest BCUT2D eigenvalue weighted by atomic mass is 16.7. The molecule has 1 aliphatic heterocycles. The third-order valence-corrected chi connectivity index (χ3v) is 12.2. The maximum absolute atomic E-state index is 13.1. The van der Waals surface area contributed by atoms with Crippen molar-refractivity contribution in [3.63, 3.8) is 0 Å². The zero-order chi connectivity index (χ0) is 56.1. The molecular formula is C65H100O12. The zero-order valence-corrected chi connectivity index (χ0v) is 47.4. The largest absolute Gasteiger partial charge is 0.479 e. The van der Waals surface area contributed by atoms with Gasteiger partial charge in [-0.25, -0.2) is 4.79 Å². The van der Waals surface area contributed by atoms with Gasteiger partial charge in [0.15, 0.2) is 24.6 Å². The maximum atomic E-state index is 13.1. The third kappa shape index (κ3) is 41.6. The SMILES string of the molecule is CC/C=C\C/C=C\C/C=C\C/C=C\CCCCC(=O)OC1C(OCC(COC(=O)CCCCCCCC/C=C\C/C=C\C/C=C\CCCCC)OC(=O)CC/C=C\C/C=C\C/C=C\C/C=C\CC)OC(C(=O)O)C(O)C1O.